The van der Waals surface area contributed by atoms with Crippen LogP contribution in [-0.4, -0.2) is 22.3 Å². The van der Waals surface area contributed by atoms with E-state index in [1.165, 1.54) is 12.8 Å². The summed E-state index contributed by atoms with van der Waals surface area (Å²) < 4.78 is 0. The smallest absolute Gasteiger partial charge is 0.307 e. The van der Waals surface area contributed by atoms with Crippen molar-refractivity contribution < 1.29 is 15.0 Å². The van der Waals surface area contributed by atoms with Crippen LogP contribution in [0.25, 0.3) is 0 Å². The van der Waals surface area contributed by atoms with Gasteiger partial charge < -0.3 is 10.2 Å². The number of fused-ring (bicyclic) bond motifs is 4. The lowest BCUT2D eigenvalue weighted by Crippen LogP contribution is -2.36. The van der Waals surface area contributed by atoms with Gasteiger partial charge in [-0.15, -0.1) is 0 Å². The van der Waals surface area contributed by atoms with Gasteiger partial charge in [0.05, 0.1) is 12.0 Å². The normalized spacial score (nSPS) is 56.5. The third-order valence-corrected chi connectivity index (χ3v) is 6.24. The van der Waals surface area contributed by atoms with E-state index in [0.29, 0.717) is 17.8 Å². The fourth-order valence-corrected chi connectivity index (χ4v) is 5.55. The molecular formula is C15H20O3. The molecule has 0 aromatic carbocycles. The Morgan fingerprint density at radius 2 is 2.06 bits per heavy atom. The van der Waals surface area contributed by atoms with Crippen LogP contribution in [-0.2, 0) is 4.79 Å². The van der Waals surface area contributed by atoms with E-state index in [-0.39, 0.29) is 23.4 Å². The van der Waals surface area contributed by atoms with E-state index >= 15 is 0 Å². The van der Waals surface area contributed by atoms with Gasteiger partial charge in [0, 0.05) is 0 Å². The van der Waals surface area contributed by atoms with Crippen LogP contribution in [0.2, 0.25) is 0 Å². The van der Waals surface area contributed by atoms with Crippen molar-refractivity contribution in [3.63, 3.8) is 0 Å². The van der Waals surface area contributed by atoms with Crippen LogP contribution < -0.4 is 0 Å². The Bertz CT molecular complexity index is 429. The molecule has 7 unspecified atom stereocenters. The molecule has 3 heteroatoms. The molecule has 0 saturated heterocycles. The lowest BCUT2D eigenvalue weighted by atomic mass is 9.66. The van der Waals surface area contributed by atoms with Crippen molar-refractivity contribution in [2.24, 2.45) is 35.0 Å². The number of aliphatic hydroxyl groups is 1. The maximum absolute atomic E-state index is 11.3. The highest BCUT2D eigenvalue weighted by molar-refractivity contribution is 5.72. The summed E-state index contributed by atoms with van der Waals surface area (Å²) in [5.74, 6) is 1.11. The van der Waals surface area contributed by atoms with Gasteiger partial charge >= 0.3 is 5.97 Å². The van der Waals surface area contributed by atoms with Crippen LogP contribution in [0.4, 0.5) is 0 Å². The largest absolute Gasteiger partial charge is 0.481 e. The summed E-state index contributed by atoms with van der Waals surface area (Å²) in [4.78, 5) is 11.3. The van der Waals surface area contributed by atoms with Gasteiger partial charge in [0.2, 0.25) is 0 Å². The molecule has 0 aromatic rings. The summed E-state index contributed by atoms with van der Waals surface area (Å²) in [5, 5.41) is 19.4. The minimum Gasteiger partial charge on any atom is -0.481 e. The van der Waals surface area contributed by atoms with Crippen molar-refractivity contribution in [3.8, 4) is 0 Å². The third-order valence-electron chi connectivity index (χ3n) is 6.24. The molecule has 0 amide bonds. The highest BCUT2D eigenvalue weighted by Crippen LogP contribution is 2.64. The Labute approximate surface area is 107 Å². The van der Waals surface area contributed by atoms with Crippen molar-refractivity contribution in [1.29, 1.82) is 0 Å². The molecule has 3 fully saturated rings. The van der Waals surface area contributed by atoms with Crippen molar-refractivity contribution in [3.05, 3.63) is 12.2 Å². The molecule has 3 nitrogen and oxygen atoms in total. The fourth-order valence-electron chi connectivity index (χ4n) is 5.55. The van der Waals surface area contributed by atoms with Crippen LogP contribution in [0.3, 0.4) is 0 Å². The summed E-state index contributed by atoms with van der Waals surface area (Å²) >= 11 is 0. The standard InChI is InChI=1S/C15H20O3/c16-13-5-8-3-10(13)12(4-8)15-2-1-9(6-15)11(7-15)14(17)18/h1-2,8-13,16H,3-7H2,(H,17,18). The molecule has 4 bridgehead atoms. The Morgan fingerprint density at radius 3 is 2.67 bits per heavy atom. The van der Waals surface area contributed by atoms with E-state index < -0.39 is 5.97 Å². The van der Waals surface area contributed by atoms with E-state index in [1.807, 2.05) is 0 Å². The second kappa shape index (κ2) is 3.38. The molecule has 18 heavy (non-hydrogen) atoms. The van der Waals surface area contributed by atoms with Gasteiger partial charge in [-0.3, -0.25) is 4.79 Å². The average Bonchev–Trinajstić information content (AvgIpc) is 3.05. The van der Waals surface area contributed by atoms with Gasteiger partial charge in [0.15, 0.2) is 0 Å². The summed E-state index contributed by atoms with van der Waals surface area (Å²) in [6, 6.07) is 0. The third kappa shape index (κ3) is 1.26. The van der Waals surface area contributed by atoms with E-state index in [1.54, 1.807) is 0 Å². The van der Waals surface area contributed by atoms with Gasteiger partial charge in [-0.2, -0.15) is 0 Å². The number of carboxylic acids is 1. The SMILES string of the molecule is O=C(O)C1CC2(C3CC4CC(O)C3C4)C=CC1C2. The summed E-state index contributed by atoms with van der Waals surface area (Å²) in [7, 11) is 0. The minimum atomic E-state index is -0.630. The van der Waals surface area contributed by atoms with Crippen LogP contribution in [0.1, 0.15) is 32.1 Å². The van der Waals surface area contributed by atoms with Crippen molar-refractivity contribution in [2.45, 2.75) is 38.2 Å². The first-order chi connectivity index (χ1) is 8.59. The Kier molecular flexibility index (Phi) is 2.07. The molecule has 4 rings (SSSR count). The van der Waals surface area contributed by atoms with Gasteiger partial charge in [0.1, 0.15) is 0 Å². The van der Waals surface area contributed by atoms with Gasteiger partial charge in [-0.05, 0) is 61.2 Å². The maximum atomic E-state index is 11.3. The number of carbonyl (C=O) groups is 1. The molecule has 0 heterocycles. The minimum absolute atomic E-state index is 0.106. The Morgan fingerprint density at radius 1 is 1.22 bits per heavy atom. The topological polar surface area (TPSA) is 57.5 Å². The van der Waals surface area contributed by atoms with Crippen LogP contribution in [0.5, 0.6) is 0 Å². The first-order valence-electron chi connectivity index (χ1n) is 7.19. The number of hydrogen-bond acceptors (Lipinski definition) is 2. The molecule has 0 aliphatic heterocycles. The highest BCUT2D eigenvalue weighted by Gasteiger charge is 2.59. The van der Waals surface area contributed by atoms with E-state index in [0.717, 1.165) is 19.3 Å². The van der Waals surface area contributed by atoms with Crippen molar-refractivity contribution in [2.75, 3.05) is 0 Å². The predicted molar refractivity (Wildman–Crippen MR) is 65.8 cm³/mol. The number of aliphatic carboxylic acids is 1. The zero-order valence-corrected chi connectivity index (χ0v) is 10.5. The Hall–Kier alpha value is -0.830. The first-order valence-corrected chi connectivity index (χ1v) is 7.19. The molecule has 0 spiro atoms. The molecular weight excluding hydrogens is 228 g/mol. The van der Waals surface area contributed by atoms with Gasteiger partial charge in [-0.1, -0.05) is 12.2 Å². The summed E-state index contributed by atoms with van der Waals surface area (Å²) in [5.41, 5.74) is 0.106. The average molecular weight is 248 g/mol. The summed E-state index contributed by atoms with van der Waals surface area (Å²) in [6.45, 7) is 0. The maximum Gasteiger partial charge on any atom is 0.307 e. The Balaban J connectivity index is 1.63. The van der Waals surface area contributed by atoms with Gasteiger partial charge in [0.25, 0.3) is 0 Å². The molecule has 2 N–H and O–H groups in total. The van der Waals surface area contributed by atoms with Gasteiger partial charge in [-0.25, -0.2) is 0 Å². The summed E-state index contributed by atoms with van der Waals surface area (Å²) in [6.07, 6.45) is 9.51. The number of carboxylic acid groups (broad SMARTS) is 1. The van der Waals surface area contributed by atoms with Crippen molar-refractivity contribution in [1.82, 2.24) is 0 Å². The zero-order valence-electron chi connectivity index (χ0n) is 10.5. The molecule has 0 aromatic heterocycles. The molecule has 4 aliphatic rings. The predicted octanol–water partition coefficient (Wildman–Crippen LogP) is 2.06. The monoisotopic (exact) mass is 248 g/mol. The number of aliphatic hydroxyl groups excluding tert-OH is 1. The van der Waals surface area contributed by atoms with Crippen LogP contribution in [0, 0.1) is 35.0 Å². The highest BCUT2D eigenvalue weighted by atomic mass is 16.4. The molecule has 0 radical (unpaired) electrons. The first kappa shape index (κ1) is 11.0. The second-order valence-electron chi connectivity index (χ2n) is 7.02. The van der Waals surface area contributed by atoms with Crippen molar-refractivity contribution >= 4 is 5.97 Å². The van der Waals surface area contributed by atoms with E-state index in [2.05, 4.69) is 12.2 Å². The number of rotatable bonds is 2. The lowest BCUT2D eigenvalue weighted by molar-refractivity contribution is -0.142. The van der Waals surface area contributed by atoms with Crippen LogP contribution >= 0.6 is 0 Å². The van der Waals surface area contributed by atoms with Crippen LogP contribution in [0.15, 0.2) is 12.2 Å². The van der Waals surface area contributed by atoms with E-state index in [9.17, 15) is 15.0 Å². The number of hydrogen-bond donors (Lipinski definition) is 2. The molecule has 3 saturated carbocycles. The van der Waals surface area contributed by atoms with E-state index in [4.69, 9.17) is 0 Å². The quantitative estimate of drug-likeness (QED) is 0.735. The lowest BCUT2D eigenvalue weighted by Gasteiger charge is -2.39. The molecule has 7 atom stereocenters. The second-order valence-corrected chi connectivity index (χ2v) is 7.02. The number of allylic oxidation sites excluding steroid dienone is 2. The fraction of sp³-hybridized carbons (Fsp3) is 0.800. The molecule has 4 aliphatic carbocycles. The molecule has 98 valence electrons. The zero-order chi connectivity index (χ0) is 12.5.